The molecule has 0 saturated carbocycles. The van der Waals surface area contributed by atoms with E-state index in [9.17, 15) is 0 Å². The largest absolute Gasteiger partial charge is 0.508 e. The number of fused-ring (bicyclic) bond motifs is 1. The Hall–Kier alpha value is -3.40. The lowest BCUT2D eigenvalue weighted by molar-refractivity contribution is 0.475. The Bertz CT molecular complexity index is 828. The van der Waals surface area contributed by atoms with Gasteiger partial charge in [0.1, 0.15) is 11.3 Å². The van der Waals surface area contributed by atoms with Crippen molar-refractivity contribution in [3.05, 3.63) is 103 Å². The van der Waals surface area contributed by atoms with E-state index in [-0.39, 0.29) is 0 Å². The molecule has 4 heteroatoms. The monoisotopic (exact) mass is 331 g/mol. The zero-order valence-corrected chi connectivity index (χ0v) is 13.9. The van der Waals surface area contributed by atoms with Crippen LogP contribution < -0.4 is 0 Å². The van der Waals surface area contributed by atoms with Crippen molar-refractivity contribution in [2.75, 3.05) is 0 Å². The number of aromatic nitrogens is 3. The maximum atomic E-state index is 8.63. The van der Waals surface area contributed by atoms with Crippen LogP contribution in [0, 0.1) is 0 Å². The molecule has 0 aliphatic rings. The first-order valence-electron chi connectivity index (χ1n) is 7.94. The summed E-state index contributed by atoms with van der Waals surface area (Å²) in [6, 6.07) is 26.7. The molecular weight excluding hydrogens is 310 g/mol. The van der Waals surface area contributed by atoms with Crippen LogP contribution >= 0.6 is 0 Å². The summed E-state index contributed by atoms with van der Waals surface area (Å²) < 4.78 is 0. The summed E-state index contributed by atoms with van der Waals surface area (Å²) >= 11 is 0. The first kappa shape index (κ1) is 17.9. The highest BCUT2D eigenvalue weighted by atomic mass is 16.3. The molecule has 0 aliphatic carbocycles. The first-order chi connectivity index (χ1) is 12.3. The van der Waals surface area contributed by atoms with Crippen molar-refractivity contribution in [2.24, 2.45) is 0 Å². The molecule has 0 fully saturated rings. The van der Waals surface area contributed by atoms with Crippen LogP contribution in [0.1, 0.15) is 5.56 Å². The molecule has 0 saturated heterocycles. The van der Waals surface area contributed by atoms with Crippen molar-refractivity contribution in [3.63, 3.8) is 0 Å². The molecule has 126 valence electrons. The number of nitrogens with one attached hydrogen (secondary N) is 1. The highest BCUT2D eigenvalue weighted by Crippen LogP contribution is 2.04. The Kier molecular flexibility index (Phi) is 7.46. The fraction of sp³-hybridized carbons (Fsp3) is 0.0476. The highest BCUT2D eigenvalue weighted by Gasteiger charge is 1.90. The summed E-state index contributed by atoms with van der Waals surface area (Å²) in [4.78, 5) is 0. The molecule has 0 aliphatic heterocycles. The van der Waals surface area contributed by atoms with Gasteiger partial charge in [-0.25, -0.2) is 0 Å². The number of para-hydroxylation sites is 2. The van der Waals surface area contributed by atoms with Crippen LogP contribution in [0.5, 0.6) is 5.75 Å². The van der Waals surface area contributed by atoms with Gasteiger partial charge in [-0.15, -0.1) is 11.7 Å². The average molecular weight is 331 g/mol. The molecule has 4 nitrogen and oxygen atoms in total. The van der Waals surface area contributed by atoms with Crippen molar-refractivity contribution in [2.45, 2.75) is 6.42 Å². The second-order valence-corrected chi connectivity index (χ2v) is 5.14. The predicted octanol–water partition coefficient (Wildman–Crippen LogP) is 4.77. The summed E-state index contributed by atoms with van der Waals surface area (Å²) in [7, 11) is 0. The number of phenols is 1. The fourth-order valence-electron chi connectivity index (χ4n) is 2.00. The van der Waals surface area contributed by atoms with E-state index in [1.807, 2.05) is 54.6 Å². The van der Waals surface area contributed by atoms with Crippen LogP contribution in [0.25, 0.3) is 11.0 Å². The van der Waals surface area contributed by atoms with E-state index in [1.165, 1.54) is 5.56 Å². The number of phenolic OH excluding ortho intramolecular Hbond substituents is 1. The second-order valence-electron chi connectivity index (χ2n) is 5.14. The molecule has 3 aromatic carbocycles. The number of aromatic hydroxyl groups is 1. The van der Waals surface area contributed by atoms with Crippen molar-refractivity contribution in [3.8, 4) is 5.75 Å². The van der Waals surface area contributed by atoms with Crippen LogP contribution in [0.15, 0.2) is 97.6 Å². The summed E-state index contributed by atoms with van der Waals surface area (Å²) in [5, 5.41) is 18.8. The number of hydrogen-bond acceptors (Lipinski definition) is 3. The predicted molar refractivity (Wildman–Crippen MR) is 102 cm³/mol. The molecule has 2 N–H and O–H groups in total. The average Bonchev–Trinajstić information content (AvgIpc) is 3.13. The van der Waals surface area contributed by atoms with Crippen molar-refractivity contribution in [1.29, 1.82) is 0 Å². The van der Waals surface area contributed by atoms with Crippen LogP contribution in [0.4, 0.5) is 0 Å². The van der Waals surface area contributed by atoms with E-state index in [2.05, 4.69) is 34.1 Å². The Balaban J connectivity index is 0.000000137. The van der Waals surface area contributed by atoms with E-state index in [4.69, 9.17) is 5.11 Å². The maximum Gasteiger partial charge on any atom is 0.115 e. The van der Waals surface area contributed by atoms with Gasteiger partial charge in [-0.1, -0.05) is 72.0 Å². The van der Waals surface area contributed by atoms with Gasteiger partial charge in [0.15, 0.2) is 0 Å². The lowest BCUT2D eigenvalue weighted by Crippen LogP contribution is -1.75. The number of nitrogens with zero attached hydrogens (tertiary/aromatic N) is 2. The molecule has 0 bridgehead atoms. The van der Waals surface area contributed by atoms with E-state index in [0.717, 1.165) is 17.5 Å². The van der Waals surface area contributed by atoms with Crippen LogP contribution in [-0.2, 0) is 6.42 Å². The third kappa shape index (κ3) is 6.71. The SMILES string of the molecule is C=CCc1ccccc1.Oc1ccccc1.c1ccc2[nH]nnc2c1. The minimum atomic E-state index is 0.322. The van der Waals surface area contributed by atoms with Gasteiger partial charge in [0.2, 0.25) is 0 Å². The van der Waals surface area contributed by atoms with Gasteiger partial charge in [0, 0.05) is 0 Å². The molecule has 0 atom stereocenters. The zero-order valence-electron chi connectivity index (χ0n) is 13.9. The lowest BCUT2D eigenvalue weighted by Gasteiger charge is -1.91. The molecule has 25 heavy (non-hydrogen) atoms. The Morgan fingerprint density at radius 1 is 0.840 bits per heavy atom. The topological polar surface area (TPSA) is 61.8 Å². The Morgan fingerprint density at radius 2 is 1.44 bits per heavy atom. The van der Waals surface area contributed by atoms with Gasteiger partial charge in [-0.2, -0.15) is 0 Å². The summed E-state index contributed by atoms with van der Waals surface area (Å²) in [6.45, 7) is 3.66. The van der Waals surface area contributed by atoms with Gasteiger partial charge in [-0.3, -0.25) is 5.10 Å². The first-order valence-corrected chi connectivity index (χ1v) is 7.94. The van der Waals surface area contributed by atoms with Gasteiger partial charge in [0.25, 0.3) is 0 Å². The second kappa shape index (κ2) is 10.4. The third-order valence-corrected chi connectivity index (χ3v) is 3.21. The number of rotatable bonds is 2. The Labute approximate surface area is 147 Å². The standard InChI is InChI=1S/C9H10.C6H5N3.C6H6O/c1-2-6-9-7-4-3-5-8-9;1-2-4-6-5(3-1)7-9-8-6;7-6-4-2-1-3-5-6/h2-5,7-8H,1,6H2;1-4H,(H,7,8,9);1-5,7H. The normalized spacial score (nSPS) is 9.28. The van der Waals surface area contributed by atoms with Crippen molar-refractivity contribution < 1.29 is 5.11 Å². The number of H-pyrrole nitrogens is 1. The van der Waals surface area contributed by atoms with Gasteiger partial charge < -0.3 is 5.11 Å². The van der Waals surface area contributed by atoms with Gasteiger partial charge >= 0.3 is 0 Å². The van der Waals surface area contributed by atoms with Crippen LogP contribution in [-0.4, -0.2) is 20.5 Å². The summed E-state index contributed by atoms with van der Waals surface area (Å²) in [5.41, 5.74) is 3.22. The molecular formula is C21H21N3O. The van der Waals surface area contributed by atoms with Gasteiger partial charge in [0.05, 0.1) is 5.52 Å². The smallest absolute Gasteiger partial charge is 0.115 e. The van der Waals surface area contributed by atoms with E-state index >= 15 is 0 Å². The maximum absolute atomic E-state index is 8.63. The van der Waals surface area contributed by atoms with Crippen LogP contribution in [0.2, 0.25) is 0 Å². The van der Waals surface area contributed by atoms with Crippen LogP contribution in [0.3, 0.4) is 0 Å². The quantitative estimate of drug-likeness (QED) is 0.520. The fourth-order valence-corrected chi connectivity index (χ4v) is 2.00. The van der Waals surface area contributed by atoms with Crippen molar-refractivity contribution in [1.82, 2.24) is 15.4 Å². The molecule has 0 radical (unpaired) electrons. The van der Waals surface area contributed by atoms with E-state index < -0.39 is 0 Å². The molecule has 4 aromatic rings. The summed E-state index contributed by atoms with van der Waals surface area (Å²) in [5.74, 6) is 0.322. The number of aromatic amines is 1. The molecule has 1 aromatic heterocycles. The van der Waals surface area contributed by atoms with Crippen molar-refractivity contribution >= 4 is 11.0 Å². The number of benzene rings is 3. The number of hydrogen-bond donors (Lipinski definition) is 2. The minimum absolute atomic E-state index is 0.322. The zero-order chi connectivity index (χ0) is 17.7. The molecule has 0 spiro atoms. The molecule has 4 rings (SSSR count). The molecule has 0 unspecified atom stereocenters. The molecule has 1 heterocycles. The number of allylic oxidation sites excluding steroid dienone is 1. The lowest BCUT2D eigenvalue weighted by atomic mass is 10.2. The van der Waals surface area contributed by atoms with E-state index in [1.54, 1.807) is 24.3 Å². The summed E-state index contributed by atoms with van der Waals surface area (Å²) in [6.07, 6.45) is 2.89. The van der Waals surface area contributed by atoms with E-state index in [0.29, 0.717) is 5.75 Å². The minimum Gasteiger partial charge on any atom is -0.508 e. The van der Waals surface area contributed by atoms with Gasteiger partial charge in [-0.05, 0) is 36.2 Å². The molecule has 0 amide bonds. The Morgan fingerprint density at radius 3 is 2.00 bits per heavy atom. The third-order valence-electron chi connectivity index (χ3n) is 3.21. The highest BCUT2D eigenvalue weighted by molar-refractivity contribution is 5.72.